The molecular weight excluding hydrogens is 472 g/mol. The highest BCUT2D eigenvalue weighted by atomic mass is 32.1. The Labute approximate surface area is 214 Å². The minimum atomic E-state index is -1.15. The van der Waals surface area contributed by atoms with Crippen LogP contribution < -0.4 is 21.7 Å². The van der Waals surface area contributed by atoms with Gasteiger partial charge in [0.2, 0.25) is 18.2 Å². The van der Waals surface area contributed by atoms with Gasteiger partial charge < -0.3 is 21.7 Å². The van der Waals surface area contributed by atoms with Crippen LogP contribution in [0.5, 0.6) is 0 Å². The molecule has 3 amide bonds. The summed E-state index contributed by atoms with van der Waals surface area (Å²) in [6, 6.07) is 21.1. The SMILES string of the molecule is CC(C)(N)C(=O)N[C@H](Cc1csc2ccccc12)C(=O)NC(Cc1ccc2ccccc2c1)NC=O. The maximum Gasteiger partial charge on any atom is 0.244 e. The lowest BCUT2D eigenvalue weighted by Crippen LogP contribution is -2.59. The van der Waals surface area contributed by atoms with Crippen molar-refractivity contribution in [3.63, 3.8) is 0 Å². The molecule has 5 N–H and O–H groups in total. The molecule has 3 aromatic carbocycles. The van der Waals surface area contributed by atoms with Crippen LogP contribution >= 0.6 is 11.3 Å². The van der Waals surface area contributed by atoms with Crippen molar-refractivity contribution >= 4 is 50.4 Å². The molecule has 1 aromatic heterocycles. The average molecular weight is 503 g/mol. The molecule has 1 heterocycles. The lowest BCUT2D eigenvalue weighted by Gasteiger charge is -2.26. The molecule has 7 nitrogen and oxygen atoms in total. The van der Waals surface area contributed by atoms with Crippen molar-refractivity contribution in [2.24, 2.45) is 5.73 Å². The molecule has 0 saturated heterocycles. The Morgan fingerprint density at radius 3 is 2.44 bits per heavy atom. The molecular formula is C28H30N4O3S. The van der Waals surface area contributed by atoms with Gasteiger partial charge in [-0.1, -0.05) is 60.7 Å². The highest BCUT2D eigenvalue weighted by Crippen LogP contribution is 2.26. The van der Waals surface area contributed by atoms with E-state index in [0.29, 0.717) is 19.3 Å². The first kappa shape index (κ1) is 25.3. The van der Waals surface area contributed by atoms with Gasteiger partial charge in [-0.05, 0) is 52.6 Å². The Hall–Kier alpha value is -3.75. The number of carbonyl (C=O) groups is 3. The van der Waals surface area contributed by atoms with Gasteiger partial charge in [0.05, 0.1) is 5.54 Å². The van der Waals surface area contributed by atoms with Crippen molar-refractivity contribution in [1.29, 1.82) is 0 Å². The number of hydrogen-bond donors (Lipinski definition) is 4. The summed E-state index contributed by atoms with van der Waals surface area (Å²) in [6.07, 6.45) is 0.594. The monoisotopic (exact) mass is 502 g/mol. The second-order valence-corrected chi connectivity index (χ2v) is 10.4. The number of amides is 3. The van der Waals surface area contributed by atoms with E-state index in [-0.39, 0.29) is 0 Å². The van der Waals surface area contributed by atoms with Crippen LogP contribution in [0.1, 0.15) is 25.0 Å². The van der Waals surface area contributed by atoms with Crippen molar-refractivity contribution in [2.45, 2.75) is 44.4 Å². The zero-order chi connectivity index (χ0) is 25.7. The Morgan fingerprint density at radius 2 is 1.69 bits per heavy atom. The first-order chi connectivity index (χ1) is 17.2. The van der Waals surface area contributed by atoms with E-state index in [1.54, 1.807) is 25.2 Å². The van der Waals surface area contributed by atoms with Gasteiger partial charge in [-0.2, -0.15) is 0 Å². The van der Waals surface area contributed by atoms with Gasteiger partial charge in [0.1, 0.15) is 12.2 Å². The fourth-order valence-electron chi connectivity index (χ4n) is 4.07. The quantitative estimate of drug-likeness (QED) is 0.197. The largest absolute Gasteiger partial charge is 0.342 e. The molecule has 2 atom stereocenters. The second-order valence-electron chi connectivity index (χ2n) is 9.44. The van der Waals surface area contributed by atoms with E-state index in [0.717, 1.165) is 32.0 Å². The summed E-state index contributed by atoms with van der Waals surface area (Å²) < 4.78 is 1.11. The zero-order valence-corrected chi connectivity index (χ0v) is 21.1. The van der Waals surface area contributed by atoms with E-state index in [1.165, 1.54) is 0 Å². The van der Waals surface area contributed by atoms with Crippen LogP contribution in [0.4, 0.5) is 0 Å². The molecule has 186 valence electrons. The zero-order valence-electron chi connectivity index (χ0n) is 20.3. The molecule has 0 radical (unpaired) electrons. The molecule has 1 unspecified atom stereocenters. The van der Waals surface area contributed by atoms with Gasteiger partial charge in [-0.25, -0.2) is 0 Å². The van der Waals surface area contributed by atoms with Crippen molar-refractivity contribution in [3.8, 4) is 0 Å². The van der Waals surface area contributed by atoms with Gasteiger partial charge >= 0.3 is 0 Å². The van der Waals surface area contributed by atoms with Gasteiger partial charge in [0, 0.05) is 17.5 Å². The predicted octanol–water partition coefficient (Wildman–Crippen LogP) is 3.25. The third-order valence-electron chi connectivity index (χ3n) is 6.03. The van der Waals surface area contributed by atoms with Crippen LogP contribution in [0.25, 0.3) is 20.9 Å². The van der Waals surface area contributed by atoms with Crippen molar-refractivity contribution in [3.05, 3.63) is 83.2 Å². The second kappa shape index (κ2) is 10.9. The van der Waals surface area contributed by atoms with Gasteiger partial charge in [-0.15, -0.1) is 11.3 Å². The number of hydrogen-bond acceptors (Lipinski definition) is 5. The summed E-state index contributed by atoms with van der Waals surface area (Å²) in [7, 11) is 0. The summed E-state index contributed by atoms with van der Waals surface area (Å²) in [4.78, 5) is 37.5. The fourth-order valence-corrected chi connectivity index (χ4v) is 5.05. The molecule has 4 aromatic rings. The number of rotatable bonds is 10. The topological polar surface area (TPSA) is 113 Å². The summed E-state index contributed by atoms with van der Waals surface area (Å²) in [5.74, 6) is -0.834. The Morgan fingerprint density at radius 1 is 0.972 bits per heavy atom. The highest BCUT2D eigenvalue weighted by molar-refractivity contribution is 7.17. The van der Waals surface area contributed by atoms with Gasteiger partial charge in [-0.3, -0.25) is 14.4 Å². The smallest absolute Gasteiger partial charge is 0.244 e. The lowest BCUT2D eigenvalue weighted by atomic mass is 10.0. The third kappa shape index (κ3) is 6.08. The number of benzene rings is 3. The van der Waals surface area contributed by atoms with E-state index in [2.05, 4.69) is 16.0 Å². The van der Waals surface area contributed by atoms with Crippen LogP contribution in [0.3, 0.4) is 0 Å². The summed E-state index contributed by atoms with van der Waals surface area (Å²) in [5, 5.41) is 13.6. The molecule has 0 aliphatic carbocycles. The average Bonchev–Trinajstić information content (AvgIpc) is 3.26. The van der Waals surface area contributed by atoms with Crippen molar-refractivity contribution < 1.29 is 14.4 Å². The molecule has 8 heteroatoms. The molecule has 0 aliphatic heterocycles. The standard InChI is InChI=1S/C28H30N4O3S/c1-28(2,29)27(35)31-23(15-21-16-36-24-10-6-5-9-22(21)24)26(34)32-25(30-17-33)14-18-11-12-19-7-3-4-8-20(19)13-18/h3-13,16-17,23,25H,14-15,29H2,1-2H3,(H,30,33)(H,31,35)(H,32,34)/t23-,25?/m1/s1. The molecule has 0 fully saturated rings. The molecule has 0 spiro atoms. The van der Waals surface area contributed by atoms with Crippen molar-refractivity contribution in [2.75, 3.05) is 0 Å². The Bertz CT molecular complexity index is 1390. The van der Waals surface area contributed by atoms with Gasteiger partial charge in [0.25, 0.3) is 0 Å². The summed E-state index contributed by atoms with van der Waals surface area (Å²) in [6.45, 7) is 3.18. The van der Waals surface area contributed by atoms with Crippen LogP contribution in [0.15, 0.2) is 72.1 Å². The number of fused-ring (bicyclic) bond motifs is 2. The summed E-state index contributed by atoms with van der Waals surface area (Å²) in [5.41, 5.74) is 6.75. The normalized spacial score (nSPS) is 13.2. The van der Waals surface area contributed by atoms with Crippen LogP contribution in [-0.2, 0) is 27.2 Å². The van der Waals surface area contributed by atoms with E-state index in [4.69, 9.17) is 5.73 Å². The first-order valence-electron chi connectivity index (χ1n) is 11.8. The van der Waals surface area contributed by atoms with E-state index >= 15 is 0 Å². The maximum absolute atomic E-state index is 13.4. The van der Waals surface area contributed by atoms with Gasteiger partial charge in [0.15, 0.2) is 0 Å². The molecule has 36 heavy (non-hydrogen) atoms. The van der Waals surface area contributed by atoms with E-state index in [1.807, 2.05) is 72.1 Å². The minimum absolute atomic E-state index is 0.293. The minimum Gasteiger partial charge on any atom is -0.342 e. The predicted molar refractivity (Wildman–Crippen MR) is 145 cm³/mol. The fraction of sp³-hybridized carbons (Fsp3) is 0.250. The van der Waals surface area contributed by atoms with E-state index < -0.39 is 29.6 Å². The third-order valence-corrected chi connectivity index (χ3v) is 7.04. The van der Waals surface area contributed by atoms with Crippen LogP contribution in [0, 0.1) is 0 Å². The molecule has 4 rings (SSSR count). The highest BCUT2D eigenvalue weighted by Gasteiger charge is 2.30. The first-order valence-corrected chi connectivity index (χ1v) is 12.7. The summed E-state index contributed by atoms with van der Waals surface area (Å²) >= 11 is 1.59. The number of nitrogens with two attached hydrogens (primary N) is 1. The molecule has 0 bridgehead atoms. The number of carbonyl (C=O) groups excluding carboxylic acids is 3. The lowest BCUT2D eigenvalue weighted by molar-refractivity contribution is -0.131. The van der Waals surface area contributed by atoms with Crippen LogP contribution in [-0.4, -0.2) is 36.0 Å². The molecule has 0 aliphatic rings. The Balaban J connectivity index is 1.55. The Kier molecular flexibility index (Phi) is 7.67. The molecule has 0 saturated carbocycles. The maximum atomic E-state index is 13.4. The van der Waals surface area contributed by atoms with Crippen molar-refractivity contribution in [1.82, 2.24) is 16.0 Å². The number of thiophene rings is 1. The van der Waals surface area contributed by atoms with Crippen LogP contribution in [0.2, 0.25) is 0 Å². The van der Waals surface area contributed by atoms with E-state index in [9.17, 15) is 14.4 Å². The number of nitrogens with one attached hydrogen (secondary N) is 3.